The molecule has 8 aromatic rings. The average molecular weight is 667 g/mol. The standard InChI is InChI=1S/C46H26N4O2/c47-27-29-18-20-37(35(22-29)28-48)32-19-21-39-38-14-7-8-16-41(38)50(43(39)26-32)42-17-9-15-40-44(42)46(52)49(45(40)51)36-24-33(30-10-3-1-4-11-30)23-34(25-36)31-12-5-2-6-13-31/h1-26H. The Balaban J connectivity index is 1.24. The lowest BCUT2D eigenvalue weighted by Crippen LogP contribution is -2.29. The van der Waals surface area contributed by atoms with Crippen molar-refractivity contribution in [3.05, 3.63) is 180 Å². The predicted molar refractivity (Wildman–Crippen MR) is 204 cm³/mol. The van der Waals surface area contributed by atoms with Crippen LogP contribution >= 0.6 is 0 Å². The number of imide groups is 1. The number of rotatable bonds is 5. The highest BCUT2D eigenvalue weighted by Crippen LogP contribution is 2.41. The molecule has 0 N–H and O–H groups in total. The zero-order valence-corrected chi connectivity index (χ0v) is 27.6. The molecule has 6 nitrogen and oxygen atoms in total. The van der Waals surface area contributed by atoms with Crippen LogP contribution in [0.2, 0.25) is 0 Å². The van der Waals surface area contributed by atoms with E-state index in [1.165, 1.54) is 4.90 Å². The topological polar surface area (TPSA) is 89.9 Å². The molecular weight excluding hydrogens is 641 g/mol. The van der Waals surface area contributed by atoms with E-state index in [1.807, 2.05) is 132 Å². The molecule has 2 heterocycles. The fourth-order valence-electron chi connectivity index (χ4n) is 7.38. The lowest BCUT2D eigenvalue weighted by atomic mass is 9.97. The van der Waals surface area contributed by atoms with E-state index in [1.54, 1.807) is 24.3 Å². The van der Waals surface area contributed by atoms with Crippen molar-refractivity contribution < 1.29 is 9.59 Å². The molecule has 1 aliphatic rings. The van der Waals surface area contributed by atoms with Gasteiger partial charge in [-0.2, -0.15) is 10.5 Å². The van der Waals surface area contributed by atoms with Gasteiger partial charge in [0, 0.05) is 10.8 Å². The lowest BCUT2D eigenvalue weighted by molar-refractivity contribution is 0.0926. The van der Waals surface area contributed by atoms with E-state index in [9.17, 15) is 20.1 Å². The molecule has 0 unspecified atom stereocenters. The first-order chi connectivity index (χ1) is 25.5. The van der Waals surface area contributed by atoms with E-state index in [-0.39, 0.29) is 5.91 Å². The first kappa shape index (κ1) is 30.5. The Kier molecular flexibility index (Phi) is 7.10. The van der Waals surface area contributed by atoms with Gasteiger partial charge in [0.15, 0.2) is 0 Å². The van der Waals surface area contributed by atoms with Gasteiger partial charge in [-0.1, -0.05) is 103 Å². The van der Waals surface area contributed by atoms with Crippen LogP contribution in [0, 0.1) is 22.7 Å². The third-order valence-corrected chi connectivity index (χ3v) is 9.78. The van der Waals surface area contributed by atoms with E-state index in [2.05, 4.69) is 18.2 Å². The molecule has 7 aromatic carbocycles. The molecule has 0 spiro atoms. The number of benzene rings is 7. The Morgan fingerprint density at radius 2 is 1.13 bits per heavy atom. The Labute approximate surface area is 299 Å². The predicted octanol–water partition coefficient (Wildman–Crippen LogP) is 10.3. The van der Waals surface area contributed by atoms with E-state index in [4.69, 9.17) is 0 Å². The molecule has 1 aliphatic heterocycles. The van der Waals surface area contributed by atoms with Gasteiger partial charge >= 0.3 is 0 Å². The Bertz CT molecular complexity index is 2800. The first-order valence-electron chi connectivity index (χ1n) is 16.8. The number of hydrogen-bond donors (Lipinski definition) is 0. The number of anilines is 1. The maximum absolute atomic E-state index is 14.8. The largest absolute Gasteiger partial charge is 0.308 e. The maximum Gasteiger partial charge on any atom is 0.268 e. The number of para-hydroxylation sites is 1. The highest BCUT2D eigenvalue weighted by atomic mass is 16.2. The van der Waals surface area contributed by atoms with Crippen LogP contribution in [0.4, 0.5) is 5.69 Å². The number of hydrogen-bond acceptors (Lipinski definition) is 4. The minimum Gasteiger partial charge on any atom is -0.308 e. The molecule has 0 saturated heterocycles. The quantitative estimate of drug-likeness (QED) is 0.171. The summed E-state index contributed by atoms with van der Waals surface area (Å²) in [5, 5.41) is 21.3. The number of amides is 2. The van der Waals surface area contributed by atoms with Crippen LogP contribution in [0.15, 0.2) is 158 Å². The van der Waals surface area contributed by atoms with Crippen LogP contribution in [0.5, 0.6) is 0 Å². The number of fused-ring (bicyclic) bond motifs is 4. The lowest BCUT2D eigenvalue weighted by Gasteiger charge is -2.18. The van der Waals surface area contributed by atoms with E-state index >= 15 is 0 Å². The summed E-state index contributed by atoms with van der Waals surface area (Å²) in [7, 11) is 0. The van der Waals surface area contributed by atoms with Crippen LogP contribution in [0.1, 0.15) is 31.8 Å². The third kappa shape index (κ3) is 4.79. The van der Waals surface area contributed by atoms with Crippen LogP contribution in [-0.4, -0.2) is 16.4 Å². The summed E-state index contributed by atoms with van der Waals surface area (Å²) in [4.78, 5) is 30.4. The van der Waals surface area contributed by atoms with Crippen molar-refractivity contribution in [2.24, 2.45) is 0 Å². The summed E-state index contributed by atoms with van der Waals surface area (Å²) < 4.78 is 2.03. The number of carbonyl (C=O) groups is 2. The molecule has 0 radical (unpaired) electrons. The molecule has 0 bridgehead atoms. The van der Waals surface area contributed by atoms with Gasteiger partial charge in [0.2, 0.25) is 0 Å². The zero-order valence-electron chi connectivity index (χ0n) is 27.6. The van der Waals surface area contributed by atoms with E-state index in [0.29, 0.717) is 39.2 Å². The number of nitriles is 2. The van der Waals surface area contributed by atoms with Crippen LogP contribution in [0.25, 0.3) is 60.9 Å². The smallest absolute Gasteiger partial charge is 0.268 e. The van der Waals surface area contributed by atoms with Crippen molar-refractivity contribution in [1.29, 1.82) is 10.5 Å². The van der Waals surface area contributed by atoms with Crippen molar-refractivity contribution in [3.63, 3.8) is 0 Å². The highest BCUT2D eigenvalue weighted by molar-refractivity contribution is 6.36. The molecule has 0 saturated carbocycles. The second-order valence-corrected chi connectivity index (χ2v) is 12.7. The van der Waals surface area contributed by atoms with Crippen molar-refractivity contribution in [2.75, 3.05) is 4.90 Å². The van der Waals surface area contributed by atoms with Gasteiger partial charge in [0.1, 0.15) is 0 Å². The molecule has 6 heteroatoms. The number of nitrogens with zero attached hydrogens (tertiary/aromatic N) is 4. The van der Waals surface area contributed by atoms with Gasteiger partial charge in [-0.15, -0.1) is 0 Å². The molecule has 52 heavy (non-hydrogen) atoms. The summed E-state index contributed by atoms with van der Waals surface area (Å²) in [6.45, 7) is 0. The SMILES string of the molecule is N#Cc1ccc(-c2ccc3c4ccccc4n(-c4cccc5c4C(=O)N(c4cc(-c6ccccc6)cc(-c6ccccc6)c4)C5=O)c3c2)c(C#N)c1. The fraction of sp³-hybridized carbons (Fsp3) is 0. The van der Waals surface area contributed by atoms with Crippen molar-refractivity contribution in [3.8, 4) is 51.2 Å². The molecular formula is C46H26N4O2. The third-order valence-electron chi connectivity index (χ3n) is 9.78. The minimum absolute atomic E-state index is 0.322. The first-order valence-corrected chi connectivity index (χ1v) is 16.8. The van der Waals surface area contributed by atoms with E-state index in [0.717, 1.165) is 49.6 Å². The molecule has 0 fully saturated rings. The highest BCUT2D eigenvalue weighted by Gasteiger charge is 2.39. The van der Waals surface area contributed by atoms with Crippen molar-refractivity contribution in [2.45, 2.75) is 0 Å². The Morgan fingerprint density at radius 3 is 1.83 bits per heavy atom. The summed E-state index contributed by atoms with van der Waals surface area (Å²) >= 11 is 0. The second kappa shape index (κ2) is 12.1. The maximum atomic E-state index is 14.8. The minimum atomic E-state index is -0.402. The number of aromatic nitrogens is 1. The van der Waals surface area contributed by atoms with Gasteiger partial charge in [0.05, 0.1) is 56.8 Å². The average Bonchev–Trinajstić information content (AvgIpc) is 3.67. The van der Waals surface area contributed by atoms with Crippen molar-refractivity contribution >= 4 is 39.3 Å². The number of carbonyl (C=O) groups excluding carboxylic acids is 2. The van der Waals surface area contributed by atoms with Gasteiger partial charge in [-0.05, 0) is 88.0 Å². The monoisotopic (exact) mass is 666 g/mol. The molecule has 2 amide bonds. The van der Waals surface area contributed by atoms with Crippen LogP contribution < -0.4 is 4.90 Å². The molecule has 0 atom stereocenters. The Morgan fingerprint density at radius 1 is 0.462 bits per heavy atom. The molecule has 9 rings (SSSR count). The van der Waals surface area contributed by atoms with Crippen molar-refractivity contribution in [1.82, 2.24) is 4.57 Å². The van der Waals surface area contributed by atoms with Crippen LogP contribution in [0.3, 0.4) is 0 Å². The second-order valence-electron chi connectivity index (χ2n) is 12.7. The summed E-state index contributed by atoms with van der Waals surface area (Å²) in [6, 6.07) is 54.6. The van der Waals surface area contributed by atoms with Gasteiger partial charge < -0.3 is 4.57 Å². The van der Waals surface area contributed by atoms with Gasteiger partial charge in [0.25, 0.3) is 11.8 Å². The fourth-order valence-corrected chi connectivity index (χ4v) is 7.38. The Hall–Kier alpha value is -7.54. The molecule has 0 aliphatic carbocycles. The van der Waals surface area contributed by atoms with E-state index < -0.39 is 5.91 Å². The van der Waals surface area contributed by atoms with Crippen LogP contribution in [-0.2, 0) is 0 Å². The molecule has 1 aromatic heterocycles. The summed E-state index contributed by atoms with van der Waals surface area (Å²) in [5.74, 6) is -0.787. The van der Waals surface area contributed by atoms with Gasteiger partial charge in [-0.25, -0.2) is 4.90 Å². The van der Waals surface area contributed by atoms with Gasteiger partial charge in [-0.3, -0.25) is 9.59 Å². The summed E-state index contributed by atoms with van der Waals surface area (Å²) in [5.41, 5.74) is 9.45. The molecule has 242 valence electrons. The normalized spacial score (nSPS) is 12.2. The zero-order chi connectivity index (χ0) is 35.3. The summed E-state index contributed by atoms with van der Waals surface area (Å²) in [6.07, 6.45) is 0.